The van der Waals surface area contributed by atoms with Crippen LogP contribution in [0.4, 0.5) is 4.39 Å². The Bertz CT molecular complexity index is 528. The van der Waals surface area contributed by atoms with E-state index >= 15 is 0 Å². The molecule has 1 aromatic heterocycles. The summed E-state index contributed by atoms with van der Waals surface area (Å²) in [5.41, 5.74) is 1.76. The smallest absolute Gasteiger partial charge is 0.125 e. The Kier molecular flexibility index (Phi) is 2.17. The predicted octanol–water partition coefficient (Wildman–Crippen LogP) is 1.47. The van der Waals surface area contributed by atoms with Gasteiger partial charge in [0.1, 0.15) is 11.6 Å². The lowest BCUT2D eigenvalue weighted by atomic mass is 9.99. The lowest BCUT2D eigenvalue weighted by Gasteiger charge is -2.26. The van der Waals surface area contributed by atoms with E-state index in [9.17, 15) is 4.39 Å². The quantitative estimate of drug-likeness (QED) is 0.829. The van der Waals surface area contributed by atoms with Crippen molar-refractivity contribution in [2.75, 3.05) is 13.1 Å². The van der Waals surface area contributed by atoms with Crippen molar-refractivity contribution in [3.05, 3.63) is 29.8 Å². The van der Waals surface area contributed by atoms with Gasteiger partial charge in [-0.15, -0.1) is 0 Å². The van der Waals surface area contributed by atoms with Crippen LogP contribution in [0.25, 0.3) is 11.0 Å². The molecule has 1 fully saturated rings. The lowest BCUT2D eigenvalue weighted by Crippen LogP contribution is -2.43. The highest BCUT2D eigenvalue weighted by Gasteiger charge is 2.20. The number of benzene rings is 1. The molecule has 0 saturated carbocycles. The zero-order valence-electron chi connectivity index (χ0n) is 9.20. The summed E-state index contributed by atoms with van der Waals surface area (Å²) in [5.74, 6) is 1.53. The largest absolute Gasteiger partial charge is 0.331 e. The number of aromatic nitrogens is 2. The normalized spacial score (nSPS) is 16.6. The summed E-state index contributed by atoms with van der Waals surface area (Å²) in [7, 11) is 1.95. The highest BCUT2D eigenvalue weighted by molar-refractivity contribution is 5.75. The first-order chi connectivity index (χ1) is 7.74. The summed E-state index contributed by atoms with van der Waals surface area (Å²) in [6, 6.07) is 4.75. The molecule has 84 valence electrons. The zero-order chi connectivity index (χ0) is 11.1. The summed E-state index contributed by atoms with van der Waals surface area (Å²) >= 11 is 0. The monoisotopic (exact) mass is 219 g/mol. The summed E-state index contributed by atoms with van der Waals surface area (Å²) in [6.45, 7) is 2.13. The van der Waals surface area contributed by atoms with Crippen LogP contribution in [0, 0.1) is 11.7 Å². The summed E-state index contributed by atoms with van der Waals surface area (Å²) in [4.78, 5) is 4.54. The minimum absolute atomic E-state index is 0.202. The van der Waals surface area contributed by atoms with Crippen LogP contribution in [0.2, 0.25) is 0 Å². The fourth-order valence-corrected chi connectivity index (χ4v) is 2.15. The molecule has 1 aliphatic heterocycles. The molecule has 0 aliphatic carbocycles. The Labute approximate surface area is 93.3 Å². The molecule has 1 aliphatic rings. The predicted molar refractivity (Wildman–Crippen MR) is 60.7 cm³/mol. The molecule has 2 heterocycles. The second kappa shape index (κ2) is 3.56. The molecule has 4 heteroatoms. The number of imidazole rings is 1. The molecular weight excluding hydrogens is 205 g/mol. The van der Waals surface area contributed by atoms with Crippen LogP contribution in [-0.2, 0) is 13.5 Å². The van der Waals surface area contributed by atoms with E-state index < -0.39 is 0 Å². The van der Waals surface area contributed by atoms with E-state index in [2.05, 4.69) is 10.3 Å². The second-order valence-corrected chi connectivity index (χ2v) is 4.45. The van der Waals surface area contributed by atoms with Crippen molar-refractivity contribution in [3.63, 3.8) is 0 Å². The van der Waals surface area contributed by atoms with Gasteiger partial charge in [-0.1, -0.05) is 0 Å². The Morgan fingerprint density at radius 2 is 2.31 bits per heavy atom. The fourth-order valence-electron chi connectivity index (χ4n) is 2.15. The molecule has 1 N–H and O–H groups in total. The van der Waals surface area contributed by atoms with Gasteiger partial charge in [0.05, 0.1) is 11.0 Å². The van der Waals surface area contributed by atoms with Crippen molar-refractivity contribution < 1.29 is 4.39 Å². The van der Waals surface area contributed by atoms with Crippen LogP contribution >= 0.6 is 0 Å². The molecular formula is C12H14FN3. The SMILES string of the molecule is Cn1c(CC2CNC2)nc2ccc(F)cc21. The van der Waals surface area contributed by atoms with Crippen molar-refractivity contribution in [3.8, 4) is 0 Å². The van der Waals surface area contributed by atoms with Gasteiger partial charge in [0, 0.05) is 13.5 Å². The van der Waals surface area contributed by atoms with E-state index in [0.29, 0.717) is 5.92 Å². The lowest BCUT2D eigenvalue weighted by molar-refractivity contribution is 0.339. The molecule has 1 aromatic carbocycles. The van der Waals surface area contributed by atoms with Crippen molar-refractivity contribution in [2.45, 2.75) is 6.42 Å². The molecule has 0 unspecified atom stereocenters. The van der Waals surface area contributed by atoms with Crippen LogP contribution in [0.3, 0.4) is 0 Å². The molecule has 0 atom stereocenters. The van der Waals surface area contributed by atoms with Gasteiger partial charge in [-0.2, -0.15) is 0 Å². The number of halogens is 1. The molecule has 2 aromatic rings. The Hall–Kier alpha value is -1.42. The maximum absolute atomic E-state index is 13.1. The maximum Gasteiger partial charge on any atom is 0.125 e. The first-order valence-corrected chi connectivity index (χ1v) is 5.55. The number of rotatable bonds is 2. The number of hydrogen-bond donors (Lipinski definition) is 1. The van der Waals surface area contributed by atoms with Crippen molar-refractivity contribution in [1.29, 1.82) is 0 Å². The van der Waals surface area contributed by atoms with Crippen LogP contribution in [0.5, 0.6) is 0 Å². The van der Waals surface area contributed by atoms with Crippen molar-refractivity contribution in [2.24, 2.45) is 13.0 Å². The van der Waals surface area contributed by atoms with Gasteiger partial charge in [-0.25, -0.2) is 9.37 Å². The summed E-state index contributed by atoms with van der Waals surface area (Å²) < 4.78 is 15.1. The molecule has 16 heavy (non-hydrogen) atoms. The Morgan fingerprint density at radius 1 is 1.50 bits per heavy atom. The van der Waals surface area contributed by atoms with E-state index in [1.165, 1.54) is 6.07 Å². The Morgan fingerprint density at radius 3 is 3.00 bits per heavy atom. The van der Waals surface area contributed by atoms with Gasteiger partial charge in [0.15, 0.2) is 0 Å². The first kappa shape index (κ1) is 9.78. The first-order valence-electron chi connectivity index (χ1n) is 5.55. The van der Waals surface area contributed by atoms with E-state index in [1.807, 2.05) is 11.6 Å². The van der Waals surface area contributed by atoms with Crippen LogP contribution < -0.4 is 5.32 Å². The molecule has 0 spiro atoms. The van der Waals surface area contributed by atoms with E-state index in [-0.39, 0.29) is 5.82 Å². The Balaban J connectivity index is 2.01. The van der Waals surface area contributed by atoms with Crippen molar-refractivity contribution in [1.82, 2.24) is 14.9 Å². The molecule has 0 bridgehead atoms. The molecule has 3 nitrogen and oxygen atoms in total. The topological polar surface area (TPSA) is 29.9 Å². The van der Waals surface area contributed by atoms with Gasteiger partial charge in [0.25, 0.3) is 0 Å². The van der Waals surface area contributed by atoms with Crippen LogP contribution in [0.15, 0.2) is 18.2 Å². The minimum atomic E-state index is -0.202. The van der Waals surface area contributed by atoms with Gasteiger partial charge < -0.3 is 9.88 Å². The van der Waals surface area contributed by atoms with E-state index in [0.717, 1.165) is 36.4 Å². The number of hydrogen-bond acceptors (Lipinski definition) is 2. The second-order valence-electron chi connectivity index (χ2n) is 4.45. The van der Waals surface area contributed by atoms with E-state index in [4.69, 9.17) is 0 Å². The highest BCUT2D eigenvalue weighted by Crippen LogP contribution is 2.19. The number of fused-ring (bicyclic) bond motifs is 1. The third-order valence-corrected chi connectivity index (χ3v) is 3.27. The minimum Gasteiger partial charge on any atom is -0.331 e. The average molecular weight is 219 g/mol. The third kappa shape index (κ3) is 1.50. The van der Waals surface area contributed by atoms with Crippen LogP contribution in [0.1, 0.15) is 5.82 Å². The fraction of sp³-hybridized carbons (Fsp3) is 0.417. The average Bonchev–Trinajstić information content (AvgIpc) is 2.50. The zero-order valence-corrected chi connectivity index (χ0v) is 9.20. The number of nitrogens with one attached hydrogen (secondary N) is 1. The van der Waals surface area contributed by atoms with Crippen molar-refractivity contribution >= 4 is 11.0 Å². The molecule has 0 radical (unpaired) electrons. The summed E-state index contributed by atoms with van der Waals surface area (Å²) in [5, 5.41) is 3.25. The van der Waals surface area contributed by atoms with Gasteiger partial charge in [-0.3, -0.25) is 0 Å². The van der Waals surface area contributed by atoms with Crippen LogP contribution in [-0.4, -0.2) is 22.6 Å². The molecule has 1 saturated heterocycles. The third-order valence-electron chi connectivity index (χ3n) is 3.27. The number of nitrogens with zero attached hydrogens (tertiary/aromatic N) is 2. The summed E-state index contributed by atoms with van der Waals surface area (Å²) in [6.07, 6.45) is 0.972. The van der Waals surface area contributed by atoms with E-state index in [1.54, 1.807) is 12.1 Å². The molecule has 3 rings (SSSR count). The van der Waals surface area contributed by atoms with Gasteiger partial charge in [-0.05, 0) is 37.2 Å². The van der Waals surface area contributed by atoms with Gasteiger partial charge >= 0.3 is 0 Å². The standard InChI is InChI=1S/C12H14FN3/c1-16-11-5-9(13)2-3-10(11)15-12(16)4-8-6-14-7-8/h2-3,5,8,14H,4,6-7H2,1H3. The maximum atomic E-state index is 13.1. The highest BCUT2D eigenvalue weighted by atomic mass is 19.1. The molecule has 0 amide bonds. The van der Waals surface area contributed by atoms with Gasteiger partial charge in [0.2, 0.25) is 0 Å². The number of aryl methyl sites for hydroxylation is 1.